The molecule has 1 heterocycles. The number of carbonyl (C=O) groups excluding carboxylic acids is 3. The second-order valence-electron chi connectivity index (χ2n) is 5.74. The maximum absolute atomic E-state index is 12.6. The molecule has 5 nitrogen and oxygen atoms in total. The molecular formula is C17H22NO4+. The van der Waals surface area contributed by atoms with Gasteiger partial charge in [-0.05, 0) is 6.92 Å². The molecule has 2 rings (SSSR count). The Morgan fingerprint density at radius 2 is 1.86 bits per heavy atom. The van der Waals surface area contributed by atoms with Crippen LogP contribution >= 0.6 is 0 Å². The van der Waals surface area contributed by atoms with Gasteiger partial charge in [-0.1, -0.05) is 30.3 Å². The smallest absolute Gasteiger partial charge is 0.423 e. The third-order valence-corrected chi connectivity index (χ3v) is 4.49. The molecule has 0 radical (unpaired) electrons. The minimum absolute atomic E-state index is 0.0627. The van der Waals surface area contributed by atoms with Crippen molar-refractivity contribution < 1.29 is 23.6 Å². The molecule has 118 valence electrons. The molecule has 5 heteroatoms. The van der Waals surface area contributed by atoms with Crippen molar-refractivity contribution in [2.45, 2.75) is 38.6 Å². The number of rotatable bonds is 4. The number of ether oxygens (including phenoxy) is 1. The summed E-state index contributed by atoms with van der Waals surface area (Å²) in [6.07, 6.45) is 1.30. The number of nitrogens with zero attached hydrogens (tertiary/aromatic N) is 1. The number of benzene rings is 1. The highest BCUT2D eigenvalue weighted by Crippen LogP contribution is 2.30. The molecular weight excluding hydrogens is 282 g/mol. The molecule has 0 bridgehead atoms. The number of imide groups is 1. The molecule has 0 aromatic heterocycles. The van der Waals surface area contributed by atoms with Gasteiger partial charge < -0.3 is 4.74 Å². The second-order valence-corrected chi connectivity index (χ2v) is 5.74. The van der Waals surface area contributed by atoms with Crippen LogP contribution in [0.25, 0.3) is 0 Å². The van der Waals surface area contributed by atoms with Gasteiger partial charge in [0.1, 0.15) is 6.04 Å². The SMILES string of the molecule is COC(=O)[N+]1(C(=O)CCC(=O)c2ccccc2)CCC[C@H]1C. The van der Waals surface area contributed by atoms with Gasteiger partial charge in [0.15, 0.2) is 5.78 Å². The first-order valence-corrected chi connectivity index (χ1v) is 7.60. The van der Waals surface area contributed by atoms with Crippen molar-refractivity contribution in [1.29, 1.82) is 0 Å². The number of hydrogen-bond acceptors (Lipinski definition) is 4. The predicted molar refractivity (Wildman–Crippen MR) is 81.2 cm³/mol. The molecule has 1 fully saturated rings. The quantitative estimate of drug-likeness (QED) is 0.634. The van der Waals surface area contributed by atoms with E-state index in [4.69, 9.17) is 4.74 Å². The number of ketones is 1. The van der Waals surface area contributed by atoms with Crippen molar-refractivity contribution in [3.63, 3.8) is 0 Å². The summed E-state index contributed by atoms with van der Waals surface area (Å²) >= 11 is 0. The second kappa shape index (κ2) is 6.83. The van der Waals surface area contributed by atoms with Crippen molar-refractivity contribution in [2.75, 3.05) is 13.7 Å². The summed E-state index contributed by atoms with van der Waals surface area (Å²) in [5.74, 6) is -0.301. The minimum Gasteiger partial charge on any atom is -0.423 e. The molecule has 1 aromatic rings. The maximum atomic E-state index is 12.6. The van der Waals surface area contributed by atoms with E-state index < -0.39 is 6.09 Å². The van der Waals surface area contributed by atoms with Crippen molar-refractivity contribution in [1.82, 2.24) is 0 Å². The molecule has 1 aromatic carbocycles. The zero-order valence-electron chi connectivity index (χ0n) is 13.1. The van der Waals surface area contributed by atoms with Crippen LogP contribution in [-0.4, -0.2) is 42.0 Å². The molecule has 1 saturated heterocycles. The van der Waals surface area contributed by atoms with Crippen LogP contribution in [0.4, 0.5) is 4.79 Å². The van der Waals surface area contributed by atoms with Gasteiger partial charge in [0.2, 0.25) is 0 Å². The fraction of sp³-hybridized carbons (Fsp3) is 0.471. The van der Waals surface area contributed by atoms with Gasteiger partial charge in [-0.3, -0.25) is 4.79 Å². The van der Waals surface area contributed by atoms with Crippen molar-refractivity contribution >= 4 is 17.8 Å². The zero-order chi connectivity index (χ0) is 16.2. The summed E-state index contributed by atoms with van der Waals surface area (Å²) in [6.45, 7) is 2.35. The van der Waals surface area contributed by atoms with Crippen LogP contribution in [0.5, 0.6) is 0 Å². The number of amides is 2. The van der Waals surface area contributed by atoms with Crippen molar-refractivity contribution in [2.24, 2.45) is 0 Å². The van der Waals surface area contributed by atoms with Gasteiger partial charge >= 0.3 is 12.0 Å². The Morgan fingerprint density at radius 3 is 2.41 bits per heavy atom. The zero-order valence-corrected chi connectivity index (χ0v) is 13.1. The van der Waals surface area contributed by atoms with Gasteiger partial charge in [-0.2, -0.15) is 9.28 Å². The molecule has 1 aliphatic heterocycles. The van der Waals surface area contributed by atoms with E-state index in [0.29, 0.717) is 12.1 Å². The molecule has 22 heavy (non-hydrogen) atoms. The van der Waals surface area contributed by atoms with E-state index in [1.165, 1.54) is 7.11 Å². The summed E-state index contributed by atoms with van der Waals surface area (Å²) < 4.78 is 4.57. The van der Waals surface area contributed by atoms with Gasteiger partial charge in [0.05, 0.1) is 20.1 Å². The first-order chi connectivity index (χ1) is 10.5. The third kappa shape index (κ3) is 2.95. The molecule has 1 unspecified atom stereocenters. The van der Waals surface area contributed by atoms with E-state index in [1.807, 2.05) is 13.0 Å². The summed E-state index contributed by atoms with van der Waals surface area (Å²) in [7, 11) is 1.30. The number of likely N-dealkylation sites (tertiary alicyclic amines) is 1. The fourth-order valence-corrected chi connectivity index (χ4v) is 3.17. The molecule has 1 aliphatic rings. The Hall–Kier alpha value is -2.01. The van der Waals surface area contributed by atoms with Gasteiger partial charge in [-0.15, -0.1) is 0 Å². The summed E-state index contributed by atoms with van der Waals surface area (Å²) in [4.78, 5) is 36.9. The number of quaternary nitrogens is 1. The van der Waals surface area contributed by atoms with E-state index in [1.54, 1.807) is 24.3 Å². The van der Waals surface area contributed by atoms with Gasteiger partial charge in [0, 0.05) is 24.8 Å². The lowest BCUT2D eigenvalue weighted by Gasteiger charge is -2.30. The molecule has 2 amide bonds. The Kier molecular flexibility index (Phi) is 5.08. The monoisotopic (exact) mass is 304 g/mol. The molecule has 0 saturated carbocycles. The highest BCUT2D eigenvalue weighted by atomic mass is 16.5. The standard InChI is InChI=1S/C17H22NO4/c1-13-7-6-12-18(13,17(21)22-2)16(20)11-10-15(19)14-8-4-3-5-9-14/h3-5,8-9,13H,6-7,10-12H2,1-2H3/q+1/t13-,18?/m1/s1. The Labute approximate surface area is 130 Å². The lowest BCUT2D eigenvalue weighted by atomic mass is 10.1. The first-order valence-electron chi connectivity index (χ1n) is 7.60. The van der Waals surface area contributed by atoms with Crippen molar-refractivity contribution in [3.05, 3.63) is 35.9 Å². The van der Waals surface area contributed by atoms with Gasteiger partial charge in [0.25, 0.3) is 0 Å². The van der Waals surface area contributed by atoms with E-state index in [9.17, 15) is 14.4 Å². The minimum atomic E-state index is -0.512. The van der Waals surface area contributed by atoms with Crippen LogP contribution in [0.3, 0.4) is 0 Å². The highest BCUT2D eigenvalue weighted by molar-refractivity contribution is 5.97. The van der Waals surface area contributed by atoms with Crippen LogP contribution in [0.15, 0.2) is 30.3 Å². The topological polar surface area (TPSA) is 60.4 Å². The van der Waals surface area contributed by atoms with Crippen LogP contribution in [0.2, 0.25) is 0 Å². The molecule has 0 aliphatic carbocycles. The third-order valence-electron chi connectivity index (χ3n) is 4.49. The van der Waals surface area contributed by atoms with E-state index >= 15 is 0 Å². The van der Waals surface area contributed by atoms with Gasteiger partial charge in [-0.25, -0.2) is 4.79 Å². The highest BCUT2D eigenvalue weighted by Gasteiger charge is 2.53. The number of hydrogen-bond donors (Lipinski definition) is 0. The average molecular weight is 304 g/mol. The number of methoxy groups -OCH3 is 1. The maximum Gasteiger partial charge on any atom is 0.523 e. The van der Waals surface area contributed by atoms with E-state index in [2.05, 4.69) is 0 Å². The van der Waals surface area contributed by atoms with Crippen LogP contribution in [0.1, 0.15) is 43.0 Å². The number of Topliss-reactive ketones (excluding diaryl/α,β-unsaturated/α-hetero) is 1. The summed E-state index contributed by atoms with van der Waals surface area (Å²) in [5.41, 5.74) is 0.592. The Morgan fingerprint density at radius 1 is 1.18 bits per heavy atom. The first kappa shape index (κ1) is 16.4. The predicted octanol–water partition coefficient (Wildman–Crippen LogP) is 2.94. The normalized spacial score (nSPS) is 24.0. The average Bonchev–Trinajstić information content (AvgIpc) is 2.94. The molecule has 2 atom stereocenters. The van der Waals surface area contributed by atoms with Crippen molar-refractivity contribution in [3.8, 4) is 0 Å². The Bertz CT molecular complexity index is 569. The fourth-order valence-electron chi connectivity index (χ4n) is 3.17. The summed E-state index contributed by atoms with van der Waals surface area (Å²) in [6, 6.07) is 8.80. The van der Waals surface area contributed by atoms with E-state index in [-0.39, 0.29) is 35.1 Å². The van der Waals surface area contributed by atoms with Crippen LogP contribution < -0.4 is 0 Å². The lowest BCUT2D eigenvalue weighted by molar-refractivity contribution is -0.792. The largest absolute Gasteiger partial charge is 0.523 e. The lowest BCUT2D eigenvalue weighted by Crippen LogP contribution is -2.59. The number of carbonyl (C=O) groups is 3. The van der Waals surface area contributed by atoms with E-state index in [0.717, 1.165) is 12.8 Å². The van der Waals surface area contributed by atoms with Crippen LogP contribution in [-0.2, 0) is 9.53 Å². The van der Waals surface area contributed by atoms with Crippen LogP contribution in [0, 0.1) is 0 Å². The molecule has 0 spiro atoms. The Balaban J connectivity index is 2.07. The summed E-state index contributed by atoms with van der Waals surface area (Å²) in [5, 5.41) is 0. The molecule has 0 N–H and O–H groups in total.